The summed E-state index contributed by atoms with van der Waals surface area (Å²) in [6.07, 6.45) is 0.859. The van der Waals surface area contributed by atoms with Crippen molar-refractivity contribution < 1.29 is 19.4 Å². The summed E-state index contributed by atoms with van der Waals surface area (Å²) in [7, 11) is 0. The number of rotatable bonds is 8. The van der Waals surface area contributed by atoms with Gasteiger partial charge < -0.3 is 14.7 Å². The Morgan fingerprint density at radius 3 is 2.41 bits per heavy atom. The van der Waals surface area contributed by atoms with Gasteiger partial charge in [-0.15, -0.1) is 0 Å². The van der Waals surface area contributed by atoms with Crippen molar-refractivity contribution in [3.05, 3.63) is 24.3 Å². The largest absolute Gasteiger partial charge is 0.491 e. The summed E-state index contributed by atoms with van der Waals surface area (Å²) in [4.78, 5) is 25.2. The topological polar surface area (TPSA) is 66.8 Å². The zero-order chi connectivity index (χ0) is 16.7. The first-order valence-electron chi connectivity index (χ1n) is 7.64. The number of carboxylic acids is 1. The fourth-order valence-electron chi connectivity index (χ4n) is 1.98. The van der Waals surface area contributed by atoms with Crippen molar-refractivity contribution in [3.63, 3.8) is 0 Å². The molecule has 0 heterocycles. The maximum Gasteiger partial charge on any atom is 0.308 e. The second-order valence-electron chi connectivity index (χ2n) is 5.66. The van der Waals surface area contributed by atoms with Gasteiger partial charge in [0.2, 0.25) is 5.91 Å². The van der Waals surface area contributed by atoms with Crippen LogP contribution in [0.4, 0.5) is 5.69 Å². The van der Waals surface area contributed by atoms with E-state index in [9.17, 15) is 9.59 Å². The Morgan fingerprint density at radius 1 is 1.23 bits per heavy atom. The summed E-state index contributed by atoms with van der Waals surface area (Å²) in [6, 6.07) is 7.25. The fourth-order valence-corrected chi connectivity index (χ4v) is 1.98. The van der Waals surface area contributed by atoms with Crippen LogP contribution in [-0.4, -0.2) is 30.1 Å². The molecule has 0 spiro atoms. The lowest BCUT2D eigenvalue weighted by Crippen LogP contribution is -2.39. The van der Waals surface area contributed by atoms with Crippen molar-refractivity contribution in [2.24, 2.45) is 11.8 Å². The van der Waals surface area contributed by atoms with Crippen molar-refractivity contribution in [3.8, 4) is 5.75 Å². The van der Waals surface area contributed by atoms with E-state index in [0.717, 1.165) is 6.42 Å². The van der Waals surface area contributed by atoms with Crippen LogP contribution in [0.3, 0.4) is 0 Å². The number of carbonyl (C=O) groups is 2. The van der Waals surface area contributed by atoms with Crippen LogP contribution in [0.15, 0.2) is 24.3 Å². The summed E-state index contributed by atoms with van der Waals surface area (Å²) in [6.45, 7) is 7.88. The van der Waals surface area contributed by atoms with E-state index in [1.165, 1.54) is 4.90 Å². The Hall–Kier alpha value is -2.04. The van der Waals surface area contributed by atoms with Gasteiger partial charge in [0, 0.05) is 12.5 Å². The van der Waals surface area contributed by atoms with Gasteiger partial charge in [0.15, 0.2) is 0 Å². The van der Waals surface area contributed by atoms with Gasteiger partial charge in [0.05, 0.1) is 18.2 Å². The van der Waals surface area contributed by atoms with Gasteiger partial charge >= 0.3 is 5.97 Å². The molecular formula is C17H25NO4. The Bertz CT molecular complexity index is 513. The van der Waals surface area contributed by atoms with E-state index >= 15 is 0 Å². The zero-order valence-corrected chi connectivity index (χ0v) is 13.7. The van der Waals surface area contributed by atoms with E-state index in [2.05, 4.69) is 0 Å². The number of carbonyl (C=O) groups excluding carboxylic acids is 1. The Morgan fingerprint density at radius 2 is 1.86 bits per heavy atom. The smallest absolute Gasteiger partial charge is 0.308 e. The van der Waals surface area contributed by atoms with E-state index in [-0.39, 0.29) is 18.4 Å². The van der Waals surface area contributed by atoms with Gasteiger partial charge in [-0.05, 0) is 18.6 Å². The second kappa shape index (κ2) is 8.41. The molecule has 0 aliphatic carbocycles. The Kier molecular flexibility index (Phi) is 6.89. The van der Waals surface area contributed by atoms with E-state index in [1.807, 2.05) is 19.1 Å². The number of amides is 1. The number of benzene rings is 1. The number of nitrogens with zero attached hydrogens (tertiary/aromatic N) is 1. The van der Waals surface area contributed by atoms with Gasteiger partial charge in [-0.2, -0.15) is 0 Å². The first-order chi connectivity index (χ1) is 10.4. The molecule has 1 amide bonds. The van der Waals surface area contributed by atoms with Gasteiger partial charge in [-0.1, -0.05) is 39.8 Å². The number of carboxylic acid groups (broad SMARTS) is 1. The van der Waals surface area contributed by atoms with Crippen LogP contribution >= 0.6 is 0 Å². The average Bonchev–Trinajstić information content (AvgIpc) is 2.49. The third-order valence-electron chi connectivity index (χ3n) is 3.26. The maximum absolute atomic E-state index is 12.5. The van der Waals surface area contributed by atoms with Crippen LogP contribution < -0.4 is 9.64 Å². The standard InChI is InChI=1S/C17H25NO4/c1-5-10-22-15-9-7-6-8-14(15)18(16(19)12(2)3)11-13(4)17(20)21/h6-9,12-13H,5,10-11H2,1-4H3,(H,20,21). The highest BCUT2D eigenvalue weighted by Crippen LogP contribution is 2.30. The minimum absolute atomic E-state index is 0.111. The molecule has 122 valence electrons. The maximum atomic E-state index is 12.5. The lowest BCUT2D eigenvalue weighted by atomic mass is 10.1. The van der Waals surface area contributed by atoms with E-state index in [1.54, 1.807) is 32.9 Å². The molecule has 1 aromatic carbocycles. The monoisotopic (exact) mass is 307 g/mol. The molecule has 1 aromatic rings. The molecular weight excluding hydrogens is 282 g/mol. The highest BCUT2D eigenvalue weighted by atomic mass is 16.5. The van der Waals surface area contributed by atoms with Crippen LogP contribution in [0.2, 0.25) is 0 Å². The number of para-hydroxylation sites is 2. The molecule has 22 heavy (non-hydrogen) atoms. The average molecular weight is 307 g/mol. The van der Waals surface area contributed by atoms with E-state index < -0.39 is 11.9 Å². The molecule has 1 unspecified atom stereocenters. The third kappa shape index (κ3) is 4.76. The van der Waals surface area contributed by atoms with Gasteiger partial charge in [0.1, 0.15) is 5.75 Å². The predicted octanol–water partition coefficient (Wildman–Crippen LogP) is 3.19. The predicted molar refractivity (Wildman–Crippen MR) is 86.2 cm³/mol. The molecule has 0 saturated heterocycles. The van der Waals surface area contributed by atoms with E-state index in [0.29, 0.717) is 18.0 Å². The van der Waals surface area contributed by atoms with Crippen molar-refractivity contribution in [1.82, 2.24) is 0 Å². The van der Waals surface area contributed by atoms with Gasteiger partial charge in [-0.25, -0.2) is 0 Å². The normalized spacial score (nSPS) is 12.0. The second-order valence-corrected chi connectivity index (χ2v) is 5.66. The number of anilines is 1. The summed E-state index contributed by atoms with van der Waals surface area (Å²) in [5, 5.41) is 9.14. The third-order valence-corrected chi connectivity index (χ3v) is 3.26. The highest BCUT2D eigenvalue weighted by Gasteiger charge is 2.26. The van der Waals surface area contributed by atoms with Crippen molar-refractivity contribution in [2.75, 3.05) is 18.1 Å². The lowest BCUT2D eigenvalue weighted by molar-refractivity contribution is -0.140. The summed E-state index contributed by atoms with van der Waals surface area (Å²) in [5.41, 5.74) is 0.628. The molecule has 5 heteroatoms. The molecule has 0 fully saturated rings. The minimum atomic E-state index is -0.923. The van der Waals surface area contributed by atoms with Crippen molar-refractivity contribution >= 4 is 17.6 Å². The van der Waals surface area contributed by atoms with Crippen molar-refractivity contribution in [1.29, 1.82) is 0 Å². The summed E-state index contributed by atoms with van der Waals surface area (Å²) in [5.74, 6) is -1.30. The Balaban J connectivity index is 3.15. The number of hydrogen-bond acceptors (Lipinski definition) is 3. The lowest BCUT2D eigenvalue weighted by Gasteiger charge is -2.28. The first kappa shape index (κ1) is 18.0. The SMILES string of the molecule is CCCOc1ccccc1N(CC(C)C(=O)O)C(=O)C(C)C. The molecule has 0 bridgehead atoms. The summed E-state index contributed by atoms with van der Waals surface area (Å²) >= 11 is 0. The van der Waals surface area contributed by atoms with Crippen LogP contribution in [0.1, 0.15) is 34.1 Å². The molecule has 0 aliphatic heterocycles. The molecule has 0 saturated carbocycles. The number of aliphatic carboxylic acids is 1. The molecule has 1 rings (SSSR count). The minimum Gasteiger partial charge on any atom is -0.491 e. The van der Waals surface area contributed by atoms with Gasteiger partial charge in [0.25, 0.3) is 0 Å². The Labute approximate surface area is 131 Å². The number of ether oxygens (including phenoxy) is 1. The number of hydrogen-bond donors (Lipinski definition) is 1. The molecule has 0 aliphatic rings. The fraction of sp³-hybridized carbons (Fsp3) is 0.529. The molecule has 1 N–H and O–H groups in total. The molecule has 1 atom stereocenters. The molecule has 0 aromatic heterocycles. The van der Waals surface area contributed by atoms with E-state index in [4.69, 9.17) is 9.84 Å². The van der Waals surface area contributed by atoms with Crippen LogP contribution in [0.5, 0.6) is 5.75 Å². The summed E-state index contributed by atoms with van der Waals surface area (Å²) < 4.78 is 5.70. The van der Waals surface area contributed by atoms with Crippen LogP contribution in [0, 0.1) is 11.8 Å². The molecule has 5 nitrogen and oxygen atoms in total. The quantitative estimate of drug-likeness (QED) is 0.801. The van der Waals surface area contributed by atoms with Crippen molar-refractivity contribution in [2.45, 2.75) is 34.1 Å². The first-order valence-corrected chi connectivity index (χ1v) is 7.64. The zero-order valence-electron chi connectivity index (χ0n) is 13.7. The van der Waals surface area contributed by atoms with Crippen LogP contribution in [0.25, 0.3) is 0 Å². The highest BCUT2D eigenvalue weighted by molar-refractivity contribution is 5.96. The van der Waals surface area contributed by atoms with Crippen LogP contribution in [-0.2, 0) is 9.59 Å². The molecule has 0 radical (unpaired) electrons. The van der Waals surface area contributed by atoms with Gasteiger partial charge in [-0.3, -0.25) is 9.59 Å².